The highest BCUT2D eigenvalue weighted by atomic mass is 16.4. The van der Waals surface area contributed by atoms with E-state index in [9.17, 15) is 117 Å². The number of hydrogen-bond acceptors (Lipinski definition) is 28. The number of carbonyl (C=O) groups excluding carboxylic acids is 15. The van der Waals surface area contributed by atoms with Gasteiger partial charge in [0.2, 0.25) is 88.6 Å². The summed E-state index contributed by atoms with van der Waals surface area (Å²) in [7, 11) is 0. The highest BCUT2D eigenvalue weighted by Crippen LogP contribution is 2.21. The van der Waals surface area contributed by atoms with E-state index in [0.29, 0.717) is 42.7 Å². The van der Waals surface area contributed by atoms with Crippen molar-refractivity contribution in [3.05, 3.63) is 78.4 Å². The second kappa shape index (κ2) is 58.6. The Morgan fingerprint density at radius 1 is 0.423 bits per heavy atom. The van der Waals surface area contributed by atoms with E-state index >= 15 is 4.79 Å². The van der Waals surface area contributed by atoms with Gasteiger partial charge < -0.3 is 144 Å². The normalized spacial score (nSPS) is 14.8. The lowest BCUT2D eigenvalue weighted by Gasteiger charge is -2.28. The summed E-state index contributed by atoms with van der Waals surface area (Å²) in [5.41, 5.74) is 29.7. The number of azo groups is 1. The number of nitrogens with zero attached hydrogens (tertiary/aromatic N) is 3. The van der Waals surface area contributed by atoms with Gasteiger partial charge in [0.05, 0.1) is 48.6 Å². The van der Waals surface area contributed by atoms with Gasteiger partial charge in [0, 0.05) is 44.8 Å². The van der Waals surface area contributed by atoms with Crippen molar-refractivity contribution in [2.45, 2.75) is 260 Å². The number of unbranched alkanes of at least 4 members (excludes halogenated alkanes) is 3. The monoisotopic (exact) mass is 1830 g/mol. The fourth-order valence-electron chi connectivity index (χ4n) is 12.2. The van der Waals surface area contributed by atoms with Crippen LogP contribution in [-0.2, 0) is 104 Å². The number of nitrogens with two attached hydrogens (primary N) is 5. The quantitative estimate of drug-likeness (QED) is 0.0108. The van der Waals surface area contributed by atoms with Crippen molar-refractivity contribution in [3.63, 3.8) is 0 Å². The van der Waals surface area contributed by atoms with E-state index in [0.717, 1.165) is 6.92 Å². The first-order valence-corrected chi connectivity index (χ1v) is 42.0. The smallest absolute Gasteiger partial charge is 0.328 e. The van der Waals surface area contributed by atoms with Crippen LogP contribution < -0.4 is 108 Å². The number of hydrogen-bond donors (Lipinski definition) is 28. The van der Waals surface area contributed by atoms with Crippen LogP contribution >= 0.6 is 0 Å². The Labute approximate surface area is 747 Å². The van der Waals surface area contributed by atoms with Crippen molar-refractivity contribution in [2.24, 2.45) is 38.9 Å². The Morgan fingerprint density at radius 2 is 0.808 bits per heavy atom. The molecule has 50 heteroatoms. The molecule has 0 aliphatic carbocycles. The van der Waals surface area contributed by atoms with Crippen LogP contribution in [0.3, 0.4) is 0 Å². The molecular formula is C80H123N25O25. The van der Waals surface area contributed by atoms with E-state index in [1.54, 1.807) is 37.3 Å². The summed E-state index contributed by atoms with van der Waals surface area (Å²) >= 11 is 0. The zero-order valence-corrected chi connectivity index (χ0v) is 72.7. The molecule has 0 aliphatic heterocycles. The third kappa shape index (κ3) is 42.2. The van der Waals surface area contributed by atoms with Crippen LogP contribution in [0.2, 0.25) is 0 Å². The number of benzene rings is 2. The topological polar surface area (TPSA) is 834 Å². The van der Waals surface area contributed by atoms with Gasteiger partial charge in [-0.2, -0.15) is 10.2 Å². The number of aliphatic carboxylic acids is 4. The molecule has 15 amide bonds. The summed E-state index contributed by atoms with van der Waals surface area (Å²) in [5, 5.41) is 110. The Balaban J connectivity index is 2.04. The van der Waals surface area contributed by atoms with Gasteiger partial charge in [-0.15, -0.1) is 0 Å². The van der Waals surface area contributed by atoms with Crippen LogP contribution in [0.5, 0.6) is 0 Å². The van der Waals surface area contributed by atoms with Crippen molar-refractivity contribution in [2.75, 3.05) is 26.2 Å². The minimum Gasteiger partial charge on any atom is -0.481 e. The molecule has 50 nitrogen and oxygen atoms in total. The molecule has 0 aliphatic rings. The number of aliphatic hydroxyl groups is 2. The predicted molar refractivity (Wildman–Crippen MR) is 460 cm³/mol. The Bertz CT molecular complexity index is 4340. The average molecular weight is 1840 g/mol. The molecule has 0 radical (unpaired) electrons. The minimum absolute atomic E-state index is 0.0974. The maximum atomic E-state index is 15.1. The second-order valence-corrected chi connectivity index (χ2v) is 30.5. The van der Waals surface area contributed by atoms with Crippen molar-refractivity contribution in [1.29, 1.82) is 5.41 Å². The molecular weight excluding hydrogens is 1710 g/mol. The molecule has 0 saturated carbocycles. The Morgan fingerprint density at radius 3 is 1.24 bits per heavy atom. The summed E-state index contributed by atoms with van der Waals surface area (Å²) in [6.45, 7) is 5.56. The lowest BCUT2D eigenvalue weighted by molar-refractivity contribution is -0.144. The Kier molecular flexibility index (Phi) is 49.8. The molecule has 3 aromatic rings. The predicted octanol–water partition coefficient (Wildman–Crippen LogP) is -6.58. The number of carboxylic acid groups (broad SMARTS) is 4. The number of primary amides is 1. The lowest BCUT2D eigenvalue weighted by atomic mass is 10.0. The first-order chi connectivity index (χ1) is 61.5. The van der Waals surface area contributed by atoms with Crippen LogP contribution in [0.25, 0.3) is 0 Å². The fourth-order valence-corrected chi connectivity index (χ4v) is 12.2. The fraction of sp³-hybridized carbons (Fsp3) is 0.562. The molecule has 1 aromatic heterocycles. The SMILES string of the molecule is CCCC[C@H](NC(=O)[C@H](Cc1c[nH]cn1)NC(=O)[C@H](CCC(N)=O)NC(=O)[C@H](CCCNC(=N)N)NC(=O)[C@H](CCC(=O)O)NC(=O)[C@H](Cc1ccc(N=Nc2ccccc2)cc1)NC(=O)[C@H](CCCCN)NC(=O)[C@H](C)NC(=O)[C@H](C)NC(=O)[C@H](C)NC(=O)[C@@H](NC(=O)[C@H](CCC(=O)O)NC(=O)[C@@H](N)CCCCN)[C@@H](C)O)C(=O)N[C@@H](CC(=O)O)C(=O)N[C@@H](CO)C(=O)O. The highest BCUT2D eigenvalue weighted by molar-refractivity contribution is 6.01. The Hall–Kier alpha value is -13.7. The molecule has 0 fully saturated rings. The third-order valence-corrected chi connectivity index (χ3v) is 19.6. The molecule has 2 aromatic carbocycles. The van der Waals surface area contributed by atoms with Gasteiger partial charge in [-0.3, -0.25) is 91.7 Å². The summed E-state index contributed by atoms with van der Waals surface area (Å²) < 4.78 is 0. The molecule has 718 valence electrons. The highest BCUT2D eigenvalue weighted by Gasteiger charge is 2.39. The number of guanidine groups is 1. The number of carboxylic acids is 4. The second-order valence-electron chi connectivity index (χ2n) is 30.5. The number of carbonyl (C=O) groups is 19. The number of H-pyrrole nitrogens is 1. The van der Waals surface area contributed by atoms with Gasteiger partial charge in [0.1, 0.15) is 84.6 Å². The molecule has 1 heterocycles. The van der Waals surface area contributed by atoms with E-state index in [1.807, 2.05) is 5.32 Å². The molecule has 0 unspecified atom stereocenters. The van der Waals surface area contributed by atoms with Gasteiger partial charge in [-0.1, -0.05) is 56.5 Å². The van der Waals surface area contributed by atoms with E-state index < -0.39 is 286 Å². The van der Waals surface area contributed by atoms with Gasteiger partial charge in [-0.05, 0) is 141 Å². The van der Waals surface area contributed by atoms with Crippen molar-refractivity contribution in [3.8, 4) is 0 Å². The van der Waals surface area contributed by atoms with E-state index in [-0.39, 0.29) is 63.7 Å². The molecule has 0 spiro atoms. The number of imidazole rings is 1. The van der Waals surface area contributed by atoms with E-state index in [1.165, 1.54) is 57.6 Å². The van der Waals surface area contributed by atoms with E-state index in [2.05, 4.69) is 94.6 Å². The molecule has 130 heavy (non-hydrogen) atoms. The van der Waals surface area contributed by atoms with Gasteiger partial charge in [0.25, 0.3) is 0 Å². The van der Waals surface area contributed by atoms with Crippen molar-refractivity contribution in [1.82, 2.24) is 89.7 Å². The van der Waals surface area contributed by atoms with Crippen LogP contribution in [0, 0.1) is 5.41 Å². The first-order valence-electron chi connectivity index (χ1n) is 42.0. The van der Waals surface area contributed by atoms with Gasteiger partial charge >= 0.3 is 23.9 Å². The largest absolute Gasteiger partial charge is 0.481 e. The van der Waals surface area contributed by atoms with Crippen LogP contribution in [0.15, 0.2) is 77.3 Å². The summed E-state index contributed by atoms with van der Waals surface area (Å²) in [4.78, 5) is 264. The standard InChI is InChI=1S/C80H123N25O25/c1-6-7-19-50(70(120)101-58(37-63(113)114)77(127)102-59(39-106)79(129)130)96-76(126)57(36-48-38-87-40-89-48)100-73(123)53(26-29-60(84)108)97-69(119)52(21-15-34-88-80(85)86)95-72(122)54(27-30-61(109)110)98-75(125)56(35-45-22-24-47(25-23-45)105-104-46-16-9-8-10-17-46)99-71(121)51(20-12-14-33-82)93-67(117)43(4)91-65(115)41(2)90-66(116)42(3)92-78(128)64(44(5)107)103-74(124)55(28-31-62(111)112)94-68(118)49(83)18-11-13-32-81/h8-10,16-17,22-25,38,40-44,49-59,64,106-107H,6-7,11-15,18-21,26-37,39,81-83H2,1-5H3,(H2,84,108)(H,87,89)(H,90,116)(H,91,115)(H,92,128)(H,93,117)(H,94,118)(H,95,122)(H,96,126)(H,97,119)(H,98,125)(H,99,121)(H,100,123)(H,101,120)(H,102,127)(H,103,124)(H,109,110)(H,111,112)(H,113,114)(H,129,130)(H4,85,86,88)/t41-,42-,43-,44+,49-,50-,51-,52-,53-,54-,55-,56-,57-,58-,59-,64-/m0/s1. The maximum Gasteiger partial charge on any atom is 0.328 e. The zero-order valence-electron chi connectivity index (χ0n) is 72.7. The molecule has 0 saturated heterocycles. The number of aromatic amines is 1. The summed E-state index contributed by atoms with van der Waals surface area (Å²) in [6, 6.07) is -10.4. The minimum atomic E-state index is -1.97. The van der Waals surface area contributed by atoms with Crippen molar-refractivity contribution >= 4 is 130 Å². The lowest BCUT2D eigenvalue weighted by Crippen LogP contribution is -2.61. The van der Waals surface area contributed by atoms with Gasteiger partial charge in [-0.25, -0.2) is 9.78 Å². The maximum absolute atomic E-state index is 15.1. The summed E-state index contributed by atoms with van der Waals surface area (Å²) in [6.07, 6.45) is -3.66. The van der Waals surface area contributed by atoms with Crippen LogP contribution in [0.1, 0.15) is 161 Å². The molecule has 16 atom stereocenters. The molecule has 3 rings (SSSR count). The molecule has 33 N–H and O–H groups in total. The first kappa shape index (κ1) is 110. The van der Waals surface area contributed by atoms with Crippen molar-refractivity contribution < 1.29 is 122 Å². The zero-order chi connectivity index (χ0) is 97.3. The number of rotatable bonds is 63. The van der Waals surface area contributed by atoms with E-state index in [4.69, 9.17) is 34.1 Å². The van der Waals surface area contributed by atoms with Crippen LogP contribution in [0.4, 0.5) is 11.4 Å². The van der Waals surface area contributed by atoms with Gasteiger partial charge in [0.15, 0.2) is 5.96 Å². The number of aromatic nitrogens is 2. The van der Waals surface area contributed by atoms with Crippen LogP contribution in [-0.4, -0.2) is 282 Å². The average Bonchev–Trinajstić information content (AvgIpc) is 1.49. The molecule has 0 bridgehead atoms. The number of aliphatic hydroxyl groups excluding tert-OH is 2. The third-order valence-electron chi connectivity index (χ3n) is 19.6. The number of nitrogens with one attached hydrogen (secondary N) is 17. The summed E-state index contributed by atoms with van der Waals surface area (Å²) in [5.74, 6) is -23.2. The number of amides is 15.